The minimum atomic E-state index is -1.78. The first kappa shape index (κ1) is 37.7. The summed E-state index contributed by atoms with van der Waals surface area (Å²) >= 11 is 6.43. The predicted molar refractivity (Wildman–Crippen MR) is 194 cm³/mol. The molecule has 0 fully saturated rings. The summed E-state index contributed by atoms with van der Waals surface area (Å²) in [4.78, 5) is 32.9. The predicted octanol–water partition coefficient (Wildman–Crippen LogP) is 6.96. The van der Waals surface area contributed by atoms with Gasteiger partial charge in [0.15, 0.2) is 11.0 Å². The molecule has 0 aliphatic carbocycles. The van der Waals surface area contributed by atoms with Gasteiger partial charge in [0.1, 0.15) is 11.9 Å². The molecule has 2 bridgehead atoms. The summed E-state index contributed by atoms with van der Waals surface area (Å²) in [7, 11) is 1.60. The molecule has 264 valence electrons. The third-order valence-electron chi connectivity index (χ3n) is 9.47. The maximum absolute atomic E-state index is 13.7. The molecule has 11 heteroatoms. The van der Waals surface area contributed by atoms with Crippen LogP contribution in [0.1, 0.15) is 77.3 Å². The Hall–Kier alpha value is -3.08. The van der Waals surface area contributed by atoms with Gasteiger partial charge in [-0.2, -0.15) is 0 Å². The monoisotopic (exact) mass is 700 g/mol. The van der Waals surface area contributed by atoms with Gasteiger partial charge in [0, 0.05) is 50.6 Å². The van der Waals surface area contributed by atoms with Crippen LogP contribution >= 0.6 is 11.6 Å². The summed E-state index contributed by atoms with van der Waals surface area (Å²) < 4.78 is 29.0. The molecule has 0 radical (unpaired) electrons. The maximum Gasteiger partial charge on any atom is 0.409 e. The van der Waals surface area contributed by atoms with Gasteiger partial charge in [-0.25, -0.2) is 9.00 Å². The average molecular weight is 701 g/mol. The first-order chi connectivity index (χ1) is 22.9. The lowest BCUT2D eigenvalue weighted by atomic mass is 9.91. The second kappa shape index (κ2) is 17.0. The van der Waals surface area contributed by atoms with E-state index in [0.717, 1.165) is 42.8 Å². The summed E-state index contributed by atoms with van der Waals surface area (Å²) in [6.45, 7) is 13.0. The van der Waals surface area contributed by atoms with Gasteiger partial charge < -0.3 is 19.3 Å². The smallest absolute Gasteiger partial charge is 0.409 e. The van der Waals surface area contributed by atoms with Crippen LogP contribution in [0.3, 0.4) is 0 Å². The number of aryl methyl sites for hydroxylation is 1. The van der Waals surface area contributed by atoms with Crippen molar-refractivity contribution >= 4 is 40.3 Å². The van der Waals surface area contributed by atoms with Crippen LogP contribution in [0.5, 0.6) is 5.75 Å². The summed E-state index contributed by atoms with van der Waals surface area (Å²) in [5.74, 6) is 0.465. The summed E-state index contributed by atoms with van der Waals surface area (Å²) in [5, 5.41) is 0.720. The van der Waals surface area contributed by atoms with E-state index in [0.29, 0.717) is 43.4 Å². The molecule has 4 rings (SSSR count). The van der Waals surface area contributed by atoms with Crippen LogP contribution in [-0.2, 0) is 26.9 Å². The van der Waals surface area contributed by atoms with Crippen LogP contribution in [0, 0.1) is 5.92 Å². The van der Waals surface area contributed by atoms with Crippen LogP contribution in [0.25, 0.3) is 0 Å². The zero-order chi connectivity index (χ0) is 35.0. The van der Waals surface area contributed by atoms with Crippen molar-refractivity contribution in [1.29, 1.82) is 0 Å². The highest BCUT2D eigenvalue weighted by Gasteiger charge is 2.36. The Morgan fingerprint density at radius 3 is 2.60 bits per heavy atom. The number of carbonyl (C=O) groups excluding carboxylic acids is 2. The van der Waals surface area contributed by atoms with Gasteiger partial charge in [0.25, 0.3) is 5.91 Å². The standard InChI is InChI=1S/C37H53ClN4O5S/c1-8-12-27-22-29(38)14-16-31(27)28-24-41-21-18-26(10-3)33(47-36(44)40(6)7)13-11-20-42(19-9-2)37(4,5)35(43)39-48(45)30-15-17-34(46-25-28)32(41)23-30/h11,13-17,22-23,26,28,33H,8-10,12,18-21,24-25H2,1-7H3,(H,39,43)/b13-11+. The first-order valence-corrected chi connectivity index (χ1v) is 18.7. The van der Waals surface area contributed by atoms with Crippen LogP contribution in [-0.4, -0.2) is 84.5 Å². The molecule has 0 saturated carbocycles. The number of anilines is 1. The van der Waals surface area contributed by atoms with Gasteiger partial charge in [-0.05, 0) is 93.6 Å². The Bertz CT molecular complexity index is 1480. The van der Waals surface area contributed by atoms with Gasteiger partial charge >= 0.3 is 6.09 Å². The molecule has 4 atom stereocenters. The number of ether oxygens (including phenoxy) is 2. The summed E-state index contributed by atoms with van der Waals surface area (Å²) in [5.41, 5.74) is 2.31. The number of halogens is 1. The molecule has 2 aromatic rings. The van der Waals surface area contributed by atoms with E-state index >= 15 is 0 Å². The van der Waals surface area contributed by atoms with Gasteiger partial charge in [0.05, 0.1) is 22.7 Å². The lowest BCUT2D eigenvalue weighted by Crippen LogP contribution is -2.55. The van der Waals surface area contributed by atoms with Crippen molar-refractivity contribution in [3.8, 4) is 5.75 Å². The van der Waals surface area contributed by atoms with Gasteiger partial charge in [-0.3, -0.25) is 14.4 Å². The Kier molecular flexibility index (Phi) is 13.4. The molecular weight excluding hydrogens is 648 g/mol. The number of carbonyl (C=O) groups is 2. The van der Waals surface area contributed by atoms with E-state index in [4.69, 9.17) is 21.1 Å². The molecule has 2 aliphatic rings. The van der Waals surface area contributed by atoms with E-state index in [9.17, 15) is 13.8 Å². The molecule has 2 aliphatic heterocycles. The topological polar surface area (TPSA) is 91.4 Å². The van der Waals surface area contributed by atoms with Crippen molar-refractivity contribution in [1.82, 2.24) is 14.5 Å². The Labute approximate surface area is 294 Å². The average Bonchev–Trinajstić information content (AvgIpc) is 3.23. The molecule has 2 aromatic carbocycles. The van der Waals surface area contributed by atoms with Crippen molar-refractivity contribution in [3.63, 3.8) is 0 Å². The van der Waals surface area contributed by atoms with Crippen molar-refractivity contribution in [2.24, 2.45) is 5.92 Å². The maximum atomic E-state index is 13.7. The second-order valence-electron chi connectivity index (χ2n) is 13.5. The number of nitrogens with zero attached hydrogens (tertiary/aromatic N) is 3. The van der Waals surface area contributed by atoms with Crippen LogP contribution < -0.4 is 14.4 Å². The number of nitrogens with one attached hydrogen (secondary N) is 1. The highest BCUT2D eigenvalue weighted by molar-refractivity contribution is 7.83. The Balaban J connectivity index is 1.79. The fraction of sp³-hybridized carbons (Fsp3) is 0.568. The molecule has 4 unspecified atom stereocenters. The van der Waals surface area contributed by atoms with Crippen LogP contribution in [0.15, 0.2) is 53.4 Å². The molecule has 0 spiro atoms. The highest BCUT2D eigenvalue weighted by Crippen LogP contribution is 2.38. The molecule has 1 N–H and O–H groups in total. The molecule has 0 aromatic heterocycles. The molecule has 2 heterocycles. The quantitative estimate of drug-likeness (QED) is 0.313. The number of fused-ring (bicyclic) bond motifs is 1. The van der Waals surface area contributed by atoms with E-state index in [-0.39, 0.29) is 17.7 Å². The van der Waals surface area contributed by atoms with Crippen molar-refractivity contribution < 1.29 is 23.3 Å². The SMILES string of the molecule is CCCc1cc(Cl)ccc1C1COc2ccc3cc2N(CCC(CC)C(OC(=O)N(C)C)/C=C/CN(CCC)C(C)(C)C(=O)NS3=O)C1. The minimum Gasteiger partial charge on any atom is -0.491 e. The zero-order valence-electron chi connectivity index (χ0n) is 29.6. The molecule has 48 heavy (non-hydrogen) atoms. The lowest BCUT2D eigenvalue weighted by Gasteiger charge is -2.36. The van der Waals surface area contributed by atoms with Gasteiger partial charge in [-0.1, -0.05) is 50.9 Å². The van der Waals surface area contributed by atoms with E-state index < -0.39 is 28.7 Å². The van der Waals surface area contributed by atoms with Crippen LogP contribution in [0.2, 0.25) is 5.02 Å². The first-order valence-electron chi connectivity index (χ1n) is 17.2. The third-order valence-corrected chi connectivity index (χ3v) is 10.8. The van der Waals surface area contributed by atoms with Crippen molar-refractivity contribution in [2.45, 2.75) is 89.2 Å². The third kappa shape index (κ3) is 9.12. The van der Waals surface area contributed by atoms with Gasteiger partial charge in [-0.15, -0.1) is 0 Å². The largest absolute Gasteiger partial charge is 0.491 e. The van der Waals surface area contributed by atoms with Crippen molar-refractivity contribution in [2.75, 3.05) is 51.8 Å². The molecule has 9 nitrogen and oxygen atoms in total. The Morgan fingerprint density at radius 1 is 1.15 bits per heavy atom. The second-order valence-corrected chi connectivity index (χ2v) is 15.2. The van der Waals surface area contributed by atoms with E-state index in [1.54, 1.807) is 20.2 Å². The number of hydrogen-bond donors (Lipinski definition) is 1. The number of hydrogen-bond acceptors (Lipinski definition) is 7. The number of amides is 2. The molecule has 2 amide bonds. The fourth-order valence-corrected chi connectivity index (χ4v) is 7.63. The fourth-order valence-electron chi connectivity index (χ4n) is 6.49. The lowest BCUT2D eigenvalue weighted by molar-refractivity contribution is -0.129. The molecular formula is C37H53ClN4O5S. The highest BCUT2D eigenvalue weighted by atomic mass is 35.5. The summed E-state index contributed by atoms with van der Waals surface area (Å²) in [6.07, 6.45) is 7.41. The normalized spacial score (nSPS) is 24.2. The number of benzene rings is 2. The van der Waals surface area contributed by atoms with Crippen LogP contribution in [0.4, 0.5) is 10.5 Å². The number of rotatable bonds is 7. The summed E-state index contributed by atoms with van der Waals surface area (Å²) in [6, 6.07) is 11.6. The minimum absolute atomic E-state index is 0.0311. The molecule has 0 saturated heterocycles. The Morgan fingerprint density at radius 2 is 1.92 bits per heavy atom. The van der Waals surface area contributed by atoms with E-state index in [2.05, 4.69) is 47.4 Å². The van der Waals surface area contributed by atoms with E-state index in [1.165, 1.54) is 16.0 Å². The van der Waals surface area contributed by atoms with Gasteiger partial charge in [0.2, 0.25) is 0 Å². The van der Waals surface area contributed by atoms with Crippen molar-refractivity contribution in [3.05, 3.63) is 64.7 Å². The zero-order valence-corrected chi connectivity index (χ0v) is 31.2. The van der Waals surface area contributed by atoms with E-state index in [1.807, 2.05) is 44.2 Å².